The molecule has 6 nitrogen and oxygen atoms in total. The number of para-hydroxylation sites is 1. The lowest BCUT2D eigenvalue weighted by molar-refractivity contribution is -0.122. The van der Waals surface area contributed by atoms with Crippen molar-refractivity contribution in [3.05, 3.63) is 41.5 Å². The third-order valence-electron chi connectivity index (χ3n) is 3.86. The molecule has 1 N–H and O–H groups in total. The molecule has 0 unspecified atom stereocenters. The summed E-state index contributed by atoms with van der Waals surface area (Å²) in [6.45, 7) is 4.62. The normalized spacial score (nSPS) is 16.7. The highest BCUT2D eigenvalue weighted by atomic mass is 16.5. The van der Waals surface area contributed by atoms with E-state index in [-0.39, 0.29) is 17.9 Å². The van der Waals surface area contributed by atoms with Crippen LogP contribution in [0.25, 0.3) is 0 Å². The number of rotatable bonds is 5. The summed E-state index contributed by atoms with van der Waals surface area (Å²) in [5.41, 5.74) is 1.03. The van der Waals surface area contributed by atoms with Crippen LogP contribution in [0.5, 0.6) is 5.75 Å². The number of hydrogen-bond acceptors (Lipinski definition) is 5. The molecule has 0 fully saturated rings. The number of carbonyl (C=O) groups excluding carboxylic acids is 1. The van der Waals surface area contributed by atoms with Crippen LogP contribution in [0.2, 0.25) is 0 Å². The number of fused-ring (bicyclic) bond motifs is 1. The smallest absolute Gasteiger partial charge is 0.227 e. The summed E-state index contributed by atoms with van der Waals surface area (Å²) in [5.74, 6) is 2.24. The van der Waals surface area contributed by atoms with Crippen molar-refractivity contribution in [1.82, 2.24) is 15.5 Å². The number of nitrogens with one attached hydrogen (secondary N) is 1. The van der Waals surface area contributed by atoms with Crippen molar-refractivity contribution in [2.75, 3.05) is 6.61 Å². The number of benzene rings is 1. The van der Waals surface area contributed by atoms with Gasteiger partial charge in [-0.1, -0.05) is 37.2 Å². The molecule has 1 aromatic carbocycles. The topological polar surface area (TPSA) is 77.2 Å². The minimum Gasteiger partial charge on any atom is -0.493 e. The molecule has 0 bridgehead atoms. The Balaban J connectivity index is 1.55. The average molecular weight is 315 g/mol. The molecule has 23 heavy (non-hydrogen) atoms. The first-order valence-corrected chi connectivity index (χ1v) is 7.97. The Morgan fingerprint density at radius 1 is 1.39 bits per heavy atom. The van der Waals surface area contributed by atoms with Crippen molar-refractivity contribution >= 4 is 5.91 Å². The molecule has 0 saturated heterocycles. The highest BCUT2D eigenvalue weighted by Crippen LogP contribution is 2.31. The van der Waals surface area contributed by atoms with Gasteiger partial charge in [0.05, 0.1) is 12.6 Å². The second-order valence-electron chi connectivity index (χ2n) is 6.00. The summed E-state index contributed by atoms with van der Waals surface area (Å²) in [6, 6.07) is 7.82. The molecule has 2 aromatic rings. The van der Waals surface area contributed by atoms with Crippen molar-refractivity contribution in [3.8, 4) is 5.75 Å². The van der Waals surface area contributed by atoms with Crippen LogP contribution in [0.15, 0.2) is 28.8 Å². The molecule has 0 radical (unpaired) electrons. The fourth-order valence-corrected chi connectivity index (χ4v) is 2.58. The quantitative estimate of drug-likeness (QED) is 0.918. The summed E-state index contributed by atoms with van der Waals surface area (Å²) >= 11 is 0. The molecule has 0 aliphatic carbocycles. The maximum Gasteiger partial charge on any atom is 0.227 e. The Kier molecular flexibility index (Phi) is 4.60. The number of aryl methyl sites for hydroxylation is 1. The van der Waals surface area contributed by atoms with E-state index in [4.69, 9.17) is 9.26 Å². The molecule has 0 saturated carbocycles. The van der Waals surface area contributed by atoms with Crippen LogP contribution in [0, 0.1) is 0 Å². The molecule has 1 aromatic heterocycles. The van der Waals surface area contributed by atoms with Gasteiger partial charge in [0.1, 0.15) is 5.75 Å². The molecule has 6 heteroatoms. The van der Waals surface area contributed by atoms with E-state index >= 15 is 0 Å². The Morgan fingerprint density at radius 2 is 2.22 bits per heavy atom. The number of ether oxygens (including phenoxy) is 1. The van der Waals surface area contributed by atoms with Gasteiger partial charge in [-0.3, -0.25) is 4.79 Å². The standard InChI is InChI=1S/C17H21N3O3/c1-11(2)17-19-16(23-20-17)8-7-15(21)18-13-9-10-22-14-6-4-3-5-12(13)14/h3-6,11,13H,7-10H2,1-2H3,(H,18,21)/t13-/m1/s1. The lowest BCUT2D eigenvalue weighted by Crippen LogP contribution is -2.32. The van der Waals surface area contributed by atoms with Crippen molar-refractivity contribution in [2.24, 2.45) is 0 Å². The number of amides is 1. The van der Waals surface area contributed by atoms with E-state index in [0.717, 1.165) is 17.7 Å². The van der Waals surface area contributed by atoms with E-state index in [0.29, 0.717) is 31.2 Å². The first kappa shape index (κ1) is 15.5. The van der Waals surface area contributed by atoms with E-state index in [1.165, 1.54) is 0 Å². The summed E-state index contributed by atoms with van der Waals surface area (Å²) in [4.78, 5) is 16.5. The summed E-state index contributed by atoms with van der Waals surface area (Å²) in [5, 5.41) is 6.97. The van der Waals surface area contributed by atoms with Gasteiger partial charge in [0.25, 0.3) is 0 Å². The predicted molar refractivity (Wildman–Crippen MR) is 84.1 cm³/mol. The van der Waals surface area contributed by atoms with Crippen LogP contribution in [0.1, 0.15) is 55.9 Å². The lowest BCUT2D eigenvalue weighted by Gasteiger charge is -2.26. The van der Waals surface area contributed by atoms with Gasteiger partial charge in [-0.2, -0.15) is 4.98 Å². The third-order valence-corrected chi connectivity index (χ3v) is 3.86. The van der Waals surface area contributed by atoms with E-state index in [1.54, 1.807) is 0 Å². The number of nitrogens with zero attached hydrogens (tertiary/aromatic N) is 2. The Bertz CT molecular complexity index is 681. The first-order valence-electron chi connectivity index (χ1n) is 7.97. The molecule has 1 amide bonds. The van der Waals surface area contributed by atoms with E-state index in [1.807, 2.05) is 38.1 Å². The molecule has 1 aliphatic rings. The van der Waals surface area contributed by atoms with Gasteiger partial charge in [0, 0.05) is 30.7 Å². The van der Waals surface area contributed by atoms with Gasteiger partial charge in [-0.05, 0) is 6.07 Å². The third kappa shape index (κ3) is 3.70. The highest BCUT2D eigenvalue weighted by Gasteiger charge is 2.22. The van der Waals surface area contributed by atoms with Crippen LogP contribution in [0.4, 0.5) is 0 Å². The number of hydrogen-bond donors (Lipinski definition) is 1. The van der Waals surface area contributed by atoms with Crippen molar-refractivity contribution in [3.63, 3.8) is 0 Å². The molecular formula is C17H21N3O3. The van der Waals surface area contributed by atoms with Crippen LogP contribution in [-0.4, -0.2) is 22.7 Å². The van der Waals surface area contributed by atoms with E-state index in [9.17, 15) is 4.79 Å². The fraction of sp³-hybridized carbons (Fsp3) is 0.471. The average Bonchev–Trinajstić information content (AvgIpc) is 3.03. The zero-order valence-corrected chi connectivity index (χ0v) is 13.4. The molecular weight excluding hydrogens is 294 g/mol. The summed E-state index contributed by atoms with van der Waals surface area (Å²) < 4.78 is 10.8. The van der Waals surface area contributed by atoms with Gasteiger partial charge < -0.3 is 14.6 Å². The van der Waals surface area contributed by atoms with Gasteiger partial charge in [-0.25, -0.2) is 0 Å². The van der Waals surface area contributed by atoms with Crippen LogP contribution < -0.4 is 10.1 Å². The highest BCUT2D eigenvalue weighted by molar-refractivity contribution is 5.76. The van der Waals surface area contributed by atoms with E-state index < -0.39 is 0 Å². The Morgan fingerprint density at radius 3 is 3.00 bits per heavy atom. The largest absolute Gasteiger partial charge is 0.493 e. The maximum absolute atomic E-state index is 12.2. The van der Waals surface area contributed by atoms with E-state index in [2.05, 4.69) is 15.5 Å². The Labute approximate surface area is 135 Å². The minimum absolute atomic E-state index is 0.00126. The fourth-order valence-electron chi connectivity index (χ4n) is 2.58. The number of aromatic nitrogens is 2. The van der Waals surface area contributed by atoms with Gasteiger partial charge in [0.15, 0.2) is 5.82 Å². The monoisotopic (exact) mass is 315 g/mol. The lowest BCUT2D eigenvalue weighted by atomic mass is 10.0. The summed E-state index contributed by atoms with van der Waals surface area (Å²) in [7, 11) is 0. The van der Waals surface area contributed by atoms with Crippen molar-refractivity contribution in [2.45, 2.75) is 45.1 Å². The van der Waals surface area contributed by atoms with Crippen molar-refractivity contribution < 1.29 is 14.1 Å². The molecule has 2 heterocycles. The SMILES string of the molecule is CC(C)c1noc(CCC(=O)N[C@@H]2CCOc3ccccc32)n1. The molecule has 1 atom stereocenters. The van der Waals surface area contributed by atoms with Gasteiger partial charge in [-0.15, -0.1) is 0 Å². The van der Waals surface area contributed by atoms with Crippen LogP contribution >= 0.6 is 0 Å². The van der Waals surface area contributed by atoms with Gasteiger partial charge >= 0.3 is 0 Å². The zero-order chi connectivity index (χ0) is 16.2. The zero-order valence-electron chi connectivity index (χ0n) is 13.4. The number of carbonyl (C=O) groups is 1. The Hall–Kier alpha value is -2.37. The predicted octanol–water partition coefficient (Wildman–Crippen LogP) is 2.77. The van der Waals surface area contributed by atoms with Gasteiger partial charge in [0.2, 0.25) is 11.8 Å². The molecule has 0 spiro atoms. The van der Waals surface area contributed by atoms with Crippen LogP contribution in [-0.2, 0) is 11.2 Å². The summed E-state index contributed by atoms with van der Waals surface area (Å²) in [6.07, 6.45) is 1.57. The van der Waals surface area contributed by atoms with Crippen molar-refractivity contribution in [1.29, 1.82) is 0 Å². The minimum atomic E-state index is -0.0176. The second-order valence-corrected chi connectivity index (χ2v) is 6.00. The first-order chi connectivity index (χ1) is 11.1. The molecule has 1 aliphatic heterocycles. The maximum atomic E-state index is 12.2. The van der Waals surface area contributed by atoms with Crippen LogP contribution in [0.3, 0.4) is 0 Å². The molecule has 122 valence electrons. The second kappa shape index (κ2) is 6.81. The molecule has 3 rings (SSSR count).